The third-order valence-electron chi connectivity index (χ3n) is 3.49. The highest BCUT2D eigenvalue weighted by Gasteiger charge is 2.21. The van der Waals surface area contributed by atoms with Gasteiger partial charge in [-0.1, -0.05) is 19.1 Å². The molecule has 0 unspecified atom stereocenters. The Kier molecular flexibility index (Phi) is 4.61. The van der Waals surface area contributed by atoms with Crippen LogP contribution in [0.4, 0.5) is 11.4 Å². The molecule has 2 amide bonds. The molecule has 0 aliphatic carbocycles. The molecule has 108 valence electrons. The Morgan fingerprint density at radius 3 is 2.40 bits per heavy atom. The SMILES string of the molecule is CCC(=O)N1CCN(c2ccccc2NC(C)=O)CC1. The van der Waals surface area contributed by atoms with Crippen LogP contribution in [0.2, 0.25) is 0 Å². The maximum atomic E-state index is 11.7. The second kappa shape index (κ2) is 6.41. The van der Waals surface area contributed by atoms with Crippen molar-refractivity contribution in [1.29, 1.82) is 0 Å². The van der Waals surface area contributed by atoms with Gasteiger partial charge in [0.1, 0.15) is 0 Å². The number of amides is 2. The van der Waals surface area contributed by atoms with Crippen molar-refractivity contribution in [2.75, 3.05) is 36.4 Å². The highest BCUT2D eigenvalue weighted by atomic mass is 16.2. The first-order valence-electron chi connectivity index (χ1n) is 7.01. The Balaban J connectivity index is 2.07. The largest absolute Gasteiger partial charge is 0.366 e. The number of nitrogens with zero attached hydrogens (tertiary/aromatic N) is 2. The van der Waals surface area contributed by atoms with Crippen LogP contribution < -0.4 is 10.2 Å². The van der Waals surface area contributed by atoms with Crippen LogP contribution in [0.25, 0.3) is 0 Å². The fourth-order valence-corrected chi connectivity index (χ4v) is 2.47. The number of para-hydroxylation sites is 2. The highest BCUT2D eigenvalue weighted by Crippen LogP contribution is 2.26. The quantitative estimate of drug-likeness (QED) is 0.913. The molecule has 2 rings (SSSR count). The van der Waals surface area contributed by atoms with Crippen molar-refractivity contribution in [3.63, 3.8) is 0 Å². The standard InChI is InChI=1S/C15H21N3O2/c1-3-15(20)18-10-8-17(9-11-18)14-7-5-4-6-13(14)16-12(2)19/h4-7H,3,8-11H2,1-2H3,(H,16,19). The van der Waals surface area contributed by atoms with Crippen molar-refractivity contribution >= 4 is 23.2 Å². The first-order chi connectivity index (χ1) is 9.61. The molecule has 1 aliphatic heterocycles. The lowest BCUT2D eigenvalue weighted by Gasteiger charge is -2.36. The molecule has 1 fully saturated rings. The van der Waals surface area contributed by atoms with Gasteiger partial charge in [0.2, 0.25) is 11.8 Å². The van der Waals surface area contributed by atoms with E-state index in [1.54, 1.807) is 0 Å². The minimum atomic E-state index is -0.0720. The van der Waals surface area contributed by atoms with E-state index >= 15 is 0 Å². The molecule has 0 bridgehead atoms. The molecule has 1 heterocycles. The monoisotopic (exact) mass is 275 g/mol. The van der Waals surface area contributed by atoms with Gasteiger partial charge in [-0.2, -0.15) is 0 Å². The third kappa shape index (κ3) is 3.29. The zero-order chi connectivity index (χ0) is 14.5. The Bertz CT molecular complexity index is 494. The van der Waals surface area contributed by atoms with Gasteiger partial charge in [0.25, 0.3) is 0 Å². The van der Waals surface area contributed by atoms with Crippen LogP contribution in [0.1, 0.15) is 20.3 Å². The molecule has 1 aromatic carbocycles. The van der Waals surface area contributed by atoms with Gasteiger partial charge in [-0.05, 0) is 12.1 Å². The predicted octanol–water partition coefficient (Wildman–Crippen LogP) is 1.70. The molecule has 5 heteroatoms. The van der Waals surface area contributed by atoms with E-state index < -0.39 is 0 Å². The lowest BCUT2D eigenvalue weighted by Crippen LogP contribution is -2.48. The van der Waals surface area contributed by atoms with Crippen LogP contribution in [-0.2, 0) is 9.59 Å². The molecular formula is C15H21N3O2. The van der Waals surface area contributed by atoms with Crippen LogP contribution in [0, 0.1) is 0 Å². The van der Waals surface area contributed by atoms with Crippen LogP contribution >= 0.6 is 0 Å². The maximum absolute atomic E-state index is 11.7. The summed E-state index contributed by atoms with van der Waals surface area (Å²) >= 11 is 0. The summed E-state index contributed by atoms with van der Waals surface area (Å²) in [5.74, 6) is 0.136. The van der Waals surface area contributed by atoms with Crippen LogP contribution in [0.3, 0.4) is 0 Å². The number of piperazine rings is 1. The van der Waals surface area contributed by atoms with E-state index in [9.17, 15) is 9.59 Å². The number of rotatable bonds is 3. The smallest absolute Gasteiger partial charge is 0.222 e. The van der Waals surface area contributed by atoms with Crippen LogP contribution in [-0.4, -0.2) is 42.9 Å². The average molecular weight is 275 g/mol. The van der Waals surface area contributed by atoms with E-state index in [0.29, 0.717) is 6.42 Å². The van der Waals surface area contributed by atoms with E-state index in [4.69, 9.17) is 0 Å². The summed E-state index contributed by atoms with van der Waals surface area (Å²) in [7, 11) is 0. The van der Waals surface area contributed by atoms with Gasteiger partial charge in [-0.3, -0.25) is 9.59 Å². The zero-order valence-corrected chi connectivity index (χ0v) is 12.1. The molecule has 0 saturated carbocycles. The van der Waals surface area contributed by atoms with Gasteiger partial charge in [-0.15, -0.1) is 0 Å². The molecule has 1 aromatic rings. The lowest BCUT2D eigenvalue weighted by atomic mass is 10.2. The summed E-state index contributed by atoms with van der Waals surface area (Å²) in [5, 5.41) is 2.85. The van der Waals surface area contributed by atoms with E-state index in [-0.39, 0.29) is 11.8 Å². The van der Waals surface area contributed by atoms with Gasteiger partial charge in [-0.25, -0.2) is 0 Å². The van der Waals surface area contributed by atoms with E-state index in [2.05, 4.69) is 10.2 Å². The fourth-order valence-electron chi connectivity index (χ4n) is 2.47. The minimum Gasteiger partial charge on any atom is -0.366 e. The number of carbonyl (C=O) groups is 2. The summed E-state index contributed by atoms with van der Waals surface area (Å²) < 4.78 is 0. The van der Waals surface area contributed by atoms with Crippen molar-refractivity contribution in [2.24, 2.45) is 0 Å². The molecular weight excluding hydrogens is 254 g/mol. The second-order valence-electron chi connectivity index (χ2n) is 4.92. The Hall–Kier alpha value is -2.04. The van der Waals surface area contributed by atoms with E-state index in [1.165, 1.54) is 6.92 Å². The summed E-state index contributed by atoms with van der Waals surface area (Å²) in [5.41, 5.74) is 1.85. The zero-order valence-electron chi connectivity index (χ0n) is 12.1. The maximum Gasteiger partial charge on any atom is 0.222 e. The van der Waals surface area contributed by atoms with Gasteiger partial charge < -0.3 is 15.1 Å². The van der Waals surface area contributed by atoms with Crippen molar-refractivity contribution < 1.29 is 9.59 Å². The molecule has 0 radical (unpaired) electrons. The van der Waals surface area contributed by atoms with Crippen LogP contribution in [0.5, 0.6) is 0 Å². The second-order valence-corrected chi connectivity index (χ2v) is 4.92. The number of anilines is 2. The first-order valence-corrected chi connectivity index (χ1v) is 7.01. The lowest BCUT2D eigenvalue weighted by molar-refractivity contribution is -0.131. The Morgan fingerprint density at radius 2 is 1.80 bits per heavy atom. The number of nitrogens with one attached hydrogen (secondary N) is 1. The molecule has 0 spiro atoms. The van der Waals surface area contributed by atoms with E-state index in [1.807, 2.05) is 36.1 Å². The fraction of sp³-hybridized carbons (Fsp3) is 0.467. The van der Waals surface area contributed by atoms with Gasteiger partial charge >= 0.3 is 0 Å². The summed E-state index contributed by atoms with van der Waals surface area (Å²) in [6.45, 7) is 6.46. The van der Waals surface area contributed by atoms with E-state index in [0.717, 1.165) is 37.6 Å². The summed E-state index contributed by atoms with van der Waals surface area (Å²) in [4.78, 5) is 27.0. The van der Waals surface area contributed by atoms with Gasteiger partial charge in [0.05, 0.1) is 11.4 Å². The highest BCUT2D eigenvalue weighted by molar-refractivity contribution is 5.92. The van der Waals surface area contributed by atoms with Crippen molar-refractivity contribution in [3.05, 3.63) is 24.3 Å². The molecule has 5 nitrogen and oxygen atoms in total. The Labute approximate surface area is 119 Å². The molecule has 0 atom stereocenters. The summed E-state index contributed by atoms with van der Waals surface area (Å²) in [6, 6.07) is 7.78. The number of hydrogen-bond acceptors (Lipinski definition) is 3. The Morgan fingerprint density at radius 1 is 1.15 bits per heavy atom. The molecule has 0 aromatic heterocycles. The summed E-state index contributed by atoms with van der Waals surface area (Å²) in [6.07, 6.45) is 0.558. The number of carbonyl (C=O) groups excluding carboxylic acids is 2. The van der Waals surface area contributed by atoms with Crippen LogP contribution in [0.15, 0.2) is 24.3 Å². The number of benzene rings is 1. The minimum absolute atomic E-state index is 0.0720. The van der Waals surface area contributed by atoms with Crippen molar-refractivity contribution in [2.45, 2.75) is 20.3 Å². The van der Waals surface area contributed by atoms with Crippen molar-refractivity contribution in [1.82, 2.24) is 4.90 Å². The van der Waals surface area contributed by atoms with Gasteiger partial charge in [0, 0.05) is 39.5 Å². The predicted molar refractivity (Wildman–Crippen MR) is 79.8 cm³/mol. The first kappa shape index (κ1) is 14.4. The topological polar surface area (TPSA) is 52.7 Å². The normalized spacial score (nSPS) is 15.1. The molecule has 1 saturated heterocycles. The molecule has 1 aliphatic rings. The molecule has 20 heavy (non-hydrogen) atoms. The van der Waals surface area contributed by atoms with Gasteiger partial charge in [0.15, 0.2) is 0 Å². The number of hydrogen-bond donors (Lipinski definition) is 1. The van der Waals surface area contributed by atoms with Crippen molar-refractivity contribution in [3.8, 4) is 0 Å². The average Bonchev–Trinajstić information content (AvgIpc) is 2.46. The third-order valence-corrected chi connectivity index (χ3v) is 3.49. The molecule has 1 N–H and O–H groups in total.